The van der Waals surface area contributed by atoms with E-state index >= 15 is 0 Å². The van der Waals surface area contributed by atoms with E-state index in [-0.39, 0.29) is 23.4 Å². The summed E-state index contributed by atoms with van der Waals surface area (Å²) in [4.78, 5) is 13.5. The monoisotopic (exact) mass is 490 g/mol. The van der Waals surface area contributed by atoms with Gasteiger partial charge in [-0.1, -0.05) is 61.0 Å². The number of hydrogen-bond acceptors (Lipinski definition) is 3. The summed E-state index contributed by atoms with van der Waals surface area (Å²) in [5, 5.41) is 3.10. The van der Waals surface area contributed by atoms with Crippen LogP contribution < -0.4 is 9.62 Å². The Morgan fingerprint density at radius 2 is 1.63 bits per heavy atom. The van der Waals surface area contributed by atoms with Crippen molar-refractivity contribution in [3.05, 3.63) is 94.5 Å². The summed E-state index contributed by atoms with van der Waals surface area (Å²) < 4.78 is 28.6. The van der Waals surface area contributed by atoms with Crippen LogP contribution in [-0.4, -0.2) is 20.9 Å². The first-order valence-electron chi connectivity index (χ1n) is 12.4. The van der Waals surface area contributed by atoms with Gasteiger partial charge >= 0.3 is 0 Å². The Bertz CT molecular complexity index is 1300. The molecule has 0 aliphatic heterocycles. The van der Waals surface area contributed by atoms with Gasteiger partial charge in [0.1, 0.15) is 6.54 Å². The average molecular weight is 491 g/mol. The molecule has 0 aromatic heterocycles. The van der Waals surface area contributed by atoms with Gasteiger partial charge in [0.25, 0.3) is 10.0 Å². The maximum absolute atomic E-state index is 13.7. The molecular weight excluding hydrogens is 456 g/mol. The van der Waals surface area contributed by atoms with E-state index < -0.39 is 10.0 Å². The van der Waals surface area contributed by atoms with Gasteiger partial charge in [0, 0.05) is 0 Å². The standard InChI is InChI=1S/C29H34N2O3S/c1-4-27(25-16-15-23-10-6-7-11-24(23)19-25)30-29(32)20-31(28-12-8-5-9-22(28)3)35(33,34)26-17-13-21(2)14-18-26/h5,8-9,12-19,27H,4,6-7,10-11,20H2,1-3H3,(H,30,32). The first-order valence-corrected chi connectivity index (χ1v) is 13.8. The molecule has 1 amide bonds. The molecule has 6 heteroatoms. The topological polar surface area (TPSA) is 66.5 Å². The highest BCUT2D eigenvalue weighted by molar-refractivity contribution is 7.92. The van der Waals surface area contributed by atoms with E-state index in [0.29, 0.717) is 5.69 Å². The summed E-state index contributed by atoms with van der Waals surface area (Å²) in [6, 6.07) is 20.3. The van der Waals surface area contributed by atoms with E-state index in [2.05, 4.69) is 23.5 Å². The Hall–Kier alpha value is -3.12. The summed E-state index contributed by atoms with van der Waals surface area (Å²) in [6.45, 7) is 5.51. The molecule has 0 bridgehead atoms. The molecule has 4 rings (SSSR count). The van der Waals surface area contributed by atoms with Crippen LogP contribution in [0.3, 0.4) is 0 Å². The fourth-order valence-electron chi connectivity index (χ4n) is 4.74. The van der Waals surface area contributed by atoms with Gasteiger partial charge in [0.15, 0.2) is 0 Å². The lowest BCUT2D eigenvalue weighted by atomic mass is 9.89. The van der Waals surface area contributed by atoms with Crippen molar-refractivity contribution in [1.29, 1.82) is 0 Å². The largest absolute Gasteiger partial charge is 0.348 e. The second-order valence-corrected chi connectivity index (χ2v) is 11.2. The zero-order valence-electron chi connectivity index (χ0n) is 20.8. The number of nitrogens with zero attached hydrogens (tertiary/aromatic N) is 1. The second kappa shape index (κ2) is 10.6. The van der Waals surface area contributed by atoms with Crippen LogP contribution in [0.2, 0.25) is 0 Å². The number of rotatable bonds is 8. The van der Waals surface area contributed by atoms with Gasteiger partial charge in [-0.2, -0.15) is 0 Å². The zero-order chi connectivity index (χ0) is 25.0. The van der Waals surface area contributed by atoms with E-state index in [1.165, 1.54) is 28.3 Å². The van der Waals surface area contributed by atoms with E-state index in [0.717, 1.165) is 36.0 Å². The van der Waals surface area contributed by atoms with Gasteiger partial charge in [0.05, 0.1) is 16.6 Å². The van der Waals surface area contributed by atoms with Crippen molar-refractivity contribution in [3.63, 3.8) is 0 Å². The predicted molar refractivity (Wildman–Crippen MR) is 141 cm³/mol. The summed E-state index contributed by atoms with van der Waals surface area (Å²) in [5.74, 6) is -0.325. The summed E-state index contributed by atoms with van der Waals surface area (Å²) >= 11 is 0. The summed E-state index contributed by atoms with van der Waals surface area (Å²) in [5.41, 5.74) is 6.11. The van der Waals surface area contributed by atoms with Crippen LogP contribution in [0.25, 0.3) is 0 Å². The Balaban J connectivity index is 1.61. The van der Waals surface area contributed by atoms with E-state index in [9.17, 15) is 13.2 Å². The number of para-hydroxylation sites is 1. The molecule has 0 radical (unpaired) electrons. The number of benzene rings is 3. The summed E-state index contributed by atoms with van der Waals surface area (Å²) in [7, 11) is -3.94. The Kier molecular flexibility index (Phi) is 7.60. The number of amides is 1. The number of sulfonamides is 1. The van der Waals surface area contributed by atoms with Crippen molar-refractivity contribution in [2.75, 3.05) is 10.8 Å². The van der Waals surface area contributed by atoms with Crippen LogP contribution in [0, 0.1) is 13.8 Å². The first kappa shape index (κ1) is 25.0. The molecule has 1 aliphatic carbocycles. The lowest BCUT2D eigenvalue weighted by molar-refractivity contribution is -0.120. The number of fused-ring (bicyclic) bond motifs is 1. The normalized spacial score (nSPS) is 14.1. The first-order chi connectivity index (χ1) is 16.8. The predicted octanol–water partition coefficient (Wildman–Crippen LogP) is 5.65. The number of hydrogen-bond donors (Lipinski definition) is 1. The minimum atomic E-state index is -3.94. The molecule has 0 fully saturated rings. The number of nitrogens with one attached hydrogen (secondary N) is 1. The van der Waals surface area contributed by atoms with Gasteiger partial charge < -0.3 is 5.32 Å². The Morgan fingerprint density at radius 3 is 2.31 bits per heavy atom. The van der Waals surface area contributed by atoms with Crippen LogP contribution in [-0.2, 0) is 27.7 Å². The van der Waals surface area contributed by atoms with Crippen LogP contribution in [0.1, 0.15) is 60.0 Å². The third kappa shape index (κ3) is 5.59. The quantitative estimate of drug-likeness (QED) is 0.444. The molecule has 1 N–H and O–H groups in total. The molecule has 35 heavy (non-hydrogen) atoms. The molecule has 0 saturated heterocycles. The number of carbonyl (C=O) groups excluding carboxylic acids is 1. The zero-order valence-corrected chi connectivity index (χ0v) is 21.6. The number of carbonyl (C=O) groups is 1. The third-order valence-electron chi connectivity index (χ3n) is 6.80. The molecule has 0 heterocycles. The Morgan fingerprint density at radius 1 is 0.943 bits per heavy atom. The van der Waals surface area contributed by atoms with E-state index in [4.69, 9.17) is 0 Å². The van der Waals surface area contributed by atoms with Crippen LogP contribution in [0.5, 0.6) is 0 Å². The van der Waals surface area contributed by atoms with E-state index in [1.54, 1.807) is 36.4 Å². The fourth-order valence-corrected chi connectivity index (χ4v) is 6.23. The van der Waals surface area contributed by atoms with E-state index in [1.807, 2.05) is 32.9 Å². The van der Waals surface area contributed by atoms with Crippen molar-refractivity contribution in [2.45, 2.75) is 63.8 Å². The lowest BCUT2D eigenvalue weighted by Crippen LogP contribution is -2.42. The molecule has 0 spiro atoms. The SMILES string of the molecule is CCC(NC(=O)CN(c1ccccc1C)S(=O)(=O)c1ccc(C)cc1)c1ccc2c(c1)CCCC2. The number of aryl methyl sites for hydroxylation is 4. The van der Waals surface area contributed by atoms with Crippen molar-refractivity contribution < 1.29 is 13.2 Å². The molecule has 3 aromatic rings. The minimum Gasteiger partial charge on any atom is -0.348 e. The van der Waals surface area contributed by atoms with Gasteiger partial charge in [-0.25, -0.2) is 8.42 Å². The minimum absolute atomic E-state index is 0.167. The van der Waals surface area contributed by atoms with Gasteiger partial charge in [-0.3, -0.25) is 9.10 Å². The van der Waals surface area contributed by atoms with Crippen molar-refractivity contribution >= 4 is 21.6 Å². The average Bonchev–Trinajstić information content (AvgIpc) is 2.86. The highest BCUT2D eigenvalue weighted by Gasteiger charge is 2.29. The molecule has 1 atom stereocenters. The van der Waals surface area contributed by atoms with Crippen molar-refractivity contribution in [1.82, 2.24) is 5.32 Å². The van der Waals surface area contributed by atoms with Crippen molar-refractivity contribution in [2.24, 2.45) is 0 Å². The van der Waals surface area contributed by atoms with Gasteiger partial charge in [0.2, 0.25) is 5.91 Å². The molecule has 184 valence electrons. The molecule has 3 aromatic carbocycles. The highest BCUT2D eigenvalue weighted by atomic mass is 32.2. The van der Waals surface area contributed by atoms with Crippen LogP contribution in [0.15, 0.2) is 71.6 Å². The summed E-state index contributed by atoms with van der Waals surface area (Å²) in [6.07, 6.45) is 5.33. The second-order valence-electron chi connectivity index (χ2n) is 9.37. The van der Waals surface area contributed by atoms with Crippen LogP contribution >= 0.6 is 0 Å². The fraction of sp³-hybridized carbons (Fsp3) is 0.345. The molecule has 1 unspecified atom stereocenters. The lowest BCUT2D eigenvalue weighted by Gasteiger charge is -2.27. The molecule has 5 nitrogen and oxygen atoms in total. The maximum Gasteiger partial charge on any atom is 0.264 e. The Labute approximate surface area is 209 Å². The van der Waals surface area contributed by atoms with Crippen molar-refractivity contribution in [3.8, 4) is 0 Å². The highest BCUT2D eigenvalue weighted by Crippen LogP contribution is 2.28. The molecular formula is C29H34N2O3S. The smallest absolute Gasteiger partial charge is 0.264 e. The number of anilines is 1. The van der Waals surface area contributed by atoms with Gasteiger partial charge in [-0.05, 0) is 86.4 Å². The molecule has 1 aliphatic rings. The third-order valence-corrected chi connectivity index (χ3v) is 8.57. The molecule has 0 saturated carbocycles. The maximum atomic E-state index is 13.7. The van der Waals surface area contributed by atoms with Crippen LogP contribution in [0.4, 0.5) is 5.69 Å². The van der Waals surface area contributed by atoms with Gasteiger partial charge in [-0.15, -0.1) is 0 Å².